The molecule has 16 heavy (non-hydrogen) atoms. The molecule has 0 saturated heterocycles. The van der Waals surface area contributed by atoms with E-state index in [1.165, 1.54) is 36.1 Å². The van der Waals surface area contributed by atoms with E-state index in [4.69, 9.17) is 5.84 Å². The monoisotopic (exact) mass is 237 g/mol. The van der Waals surface area contributed by atoms with E-state index >= 15 is 0 Å². The van der Waals surface area contributed by atoms with Crippen LogP contribution in [0.25, 0.3) is 0 Å². The van der Waals surface area contributed by atoms with E-state index in [0.29, 0.717) is 0 Å². The van der Waals surface area contributed by atoms with Crippen LogP contribution in [0.1, 0.15) is 48.0 Å². The Kier molecular flexibility index (Phi) is 4.09. The van der Waals surface area contributed by atoms with E-state index in [9.17, 15) is 0 Å². The Morgan fingerprint density at radius 3 is 3.00 bits per heavy atom. The third-order valence-corrected chi connectivity index (χ3v) is 4.01. The number of allylic oxidation sites excluding steroid dienone is 1. The van der Waals surface area contributed by atoms with Crippen LogP contribution in [0.15, 0.2) is 17.8 Å². The Morgan fingerprint density at radius 1 is 1.44 bits per heavy atom. The fourth-order valence-electron chi connectivity index (χ4n) is 2.19. The summed E-state index contributed by atoms with van der Waals surface area (Å²) in [5.41, 5.74) is 4.37. The van der Waals surface area contributed by atoms with E-state index in [1.54, 1.807) is 11.3 Å². The van der Waals surface area contributed by atoms with Gasteiger partial charge in [0.25, 0.3) is 0 Å². The molecule has 3 nitrogen and oxygen atoms in total. The minimum Gasteiger partial charge on any atom is -0.271 e. The van der Waals surface area contributed by atoms with Crippen molar-refractivity contribution in [1.29, 1.82) is 0 Å². The molecule has 0 saturated carbocycles. The van der Waals surface area contributed by atoms with Gasteiger partial charge in [0.2, 0.25) is 0 Å². The molecule has 0 bridgehead atoms. The number of hydrazine groups is 1. The molecule has 0 fully saturated rings. The Balaban J connectivity index is 2.18. The molecule has 1 aliphatic rings. The summed E-state index contributed by atoms with van der Waals surface area (Å²) in [6, 6.07) is 0.171. The van der Waals surface area contributed by atoms with E-state index in [0.717, 1.165) is 11.4 Å². The molecule has 0 amide bonds. The number of nitrogens with one attached hydrogen (secondary N) is 1. The van der Waals surface area contributed by atoms with E-state index in [2.05, 4.69) is 16.5 Å². The number of hydrogen-bond donors (Lipinski definition) is 2. The maximum Gasteiger partial charge on any atom is 0.0897 e. The fourth-order valence-corrected chi connectivity index (χ4v) is 3.07. The molecule has 1 unspecified atom stereocenters. The molecule has 4 heteroatoms. The largest absolute Gasteiger partial charge is 0.271 e. The van der Waals surface area contributed by atoms with Crippen molar-refractivity contribution in [3.8, 4) is 0 Å². The van der Waals surface area contributed by atoms with Crippen LogP contribution in [0.3, 0.4) is 0 Å². The van der Waals surface area contributed by atoms with Gasteiger partial charge in [0.15, 0.2) is 0 Å². The molecule has 1 aliphatic carbocycles. The lowest BCUT2D eigenvalue weighted by Gasteiger charge is -2.17. The second-order valence-electron chi connectivity index (χ2n) is 4.26. The number of aryl methyl sites for hydroxylation is 1. The predicted molar refractivity (Wildman–Crippen MR) is 68.1 cm³/mol. The molecule has 88 valence electrons. The summed E-state index contributed by atoms with van der Waals surface area (Å²) in [5.74, 6) is 5.68. The highest BCUT2D eigenvalue weighted by Crippen LogP contribution is 2.31. The molecule has 0 aliphatic heterocycles. The van der Waals surface area contributed by atoms with Gasteiger partial charge in [0.05, 0.1) is 11.0 Å². The zero-order chi connectivity index (χ0) is 11.4. The summed E-state index contributed by atoms with van der Waals surface area (Å²) in [5, 5.41) is 1.10. The van der Waals surface area contributed by atoms with Crippen molar-refractivity contribution >= 4 is 11.3 Å². The second-order valence-corrected chi connectivity index (χ2v) is 5.53. The highest BCUT2D eigenvalue weighted by Gasteiger charge is 2.18. The van der Waals surface area contributed by atoms with Crippen LogP contribution in [-0.4, -0.2) is 4.98 Å². The SMILES string of the molecule is Cc1ncc(C(NN)C2=CCCCCC2)s1. The molecule has 0 spiro atoms. The first-order valence-electron chi connectivity index (χ1n) is 5.88. The fraction of sp³-hybridized carbons (Fsp3) is 0.583. The average molecular weight is 237 g/mol. The zero-order valence-corrected chi connectivity index (χ0v) is 10.5. The third-order valence-electron chi connectivity index (χ3n) is 3.04. The Morgan fingerprint density at radius 2 is 2.31 bits per heavy atom. The highest BCUT2D eigenvalue weighted by molar-refractivity contribution is 7.11. The van der Waals surface area contributed by atoms with Crippen LogP contribution in [0, 0.1) is 6.92 Å². The normalized spacial score (nSPS) is 19.0. The molecule has 3 N–H and O–H groups in total. The quantitative estimate of drug-likeness (QED) is 0.483. The molecule has 1 aromatic rings. The second kappa shape index (κ2) is 5.57. The first kappa shape index (κ1) is 11.8. The van der Waals surface area contributed by atoms with Gasteiger partial charge in [-0.05, 0) is 32.6 Å². The zero-order valence-electron chi connectivity index (χ0n) is 9.70. The van der Waals surface area contributed by atoms with Crippen molar-refractivity contribution in [3.05, 3.63) is 27.7 Å². The molecular formula is C12H19N3S. The molecule has 0 radical (unpaired) electrons. The predicted octanol–water partition coefficient (Wildman–Crippen LogP) is 2.85. The molecule has 1 heterocycles. The Bertz CT molecular complexity index is 370. The van der Waals surface area contributed by atoms with Gasteiger partial charge >= 0.3 is 0 Å². The van der Waals surface area contributed by atoms with Gasteiger partial charge < -0.3 is 0 Å². The minimum absolute atomic E-state index is 0.171. The van der Waals surface area contributed by atoms with E-state index < -0.39 is 0 Å². The van der Waals surface area contributed by atoms with Crippen LogP contribution in [0.4, 0.5) is 0 Å². The van der Waals surface area contributed by atoms with Crippen molar-refractivity contribution < 1.29 is 0 Å². The summed E-state index contributed by atoms with van der Waals surface area (Å²) in [7, 11) is 0. The van der Waals surface area contributed by atoms with Crippen molar-refractivity contribution in [2.75, 3.05) is 0 Å². The van der Waals surface area contributed by atoms with Gasteiger partial charge in [-0.3, -0.25) is 5.84 Å². The first-order valence-corrected chi connectivity index (χ1v) is 6.70. The first-order chi connectivity index (χ1) is 7.81. The molecular weight excluding hydrogens is 218 g/mol. The maximum atomic E-state index is 5.68. The summed E-state index contributed by atoms with van der Waals surface area (Å²) in [6.07, 6.45) is 10.6. The van der Waals surface area contributed by atoms with Crippen LogP contribution in [-0.2, 0) is 0 Å². The van der Waals surface area contributed by atoms with Crippen LogP contribution >= 0.6 is 11.3 Å². The molecule has 1 atom stereocenters. The minimum atomic E-state index is 0.171. The standard InChI is InChI=1S/C12H19N3S/c1-9-14-8-11(16-9)12(15-13)10-6-4-2-3-5-7-10/h6,8,12,15H,2-5,7,13H2,1H3. The lowest BCUT2D eigenvalue weighted by atomic mass is 10.0. The average Bonchev–Trinajstić information content (AvgIpc) is 2.55. The Hall–Kier alpha value is -0.710. The highest BCUT2D eigenvalue weighted by atomic mass is 32.1. The summed E-state index contributed by atoms with van der Waals surface area (Å²) in [4.78, 5) is 5.53. The lowest BCUT2D eigenvalue weighted by molar-refractivity contribution is 0.599. The van der Waals surface area contributed by atoms with Crippen molar-refractivity contribution in [2.45, 2.75) is 45.1 Å². The molecule has 1 aromatic heterocycles. The van der Waals surface area contributed by atoms with Crippen LogP contribution < -0.4 is 11.3 Å². The number of nitrogens with two attached hydrogens (primary N) is 1. The summed E-state index contributed by atoms with van der Waals surface area (Å²) in [6.45, 7) is 2.03. The van der Waals surface area contributed by atoms with Gasteiger partial charge in [0.1, 0.15) is 0 Å². The van der Waals surface area contributed by atoms with Crippen molar-refractivity contribution in [1.82, 2.24) is 10.4 Å². The van der Waals surface area contributed by atoms with Crippen LogP contribution in [0.5, 0.6) is 0 Å². The van der Waals surface area contributed by atoms with Gasteiger partial charge in [-0.2, -0.15) is 0 Å². The number of nitrogens with zero attached hydrogens (tertiary/aromatic N) is 1. The summed E-state index contributed by atoms with van der Waals surface area (Å²) >= 11 is 1.73. The van der Waals surface area contributed by atoms with E-state index in [1.807, 2.05) is 13.1 Å². The van der Waals surface area contributed by atoms with Gasteiger partial charge in [-0.25, -0.2) is 10.4 Å². The number of hydrogen-bond acceptors (Lipinski definition) is 4. The molecule has 0 aromatic carbocycles. The van der Waals surface area contributed by atoms with Gasteiger partial charge in [0, 0.05) is 11.1 Å². The van der Waals surface area contributed by atoms with Crippen LogP contribution in [0.2, 0.25) is 0 Å². The number of rotatable bonds is 3. The number of aromatic nitrogens is 1. The summed E-state index contributed by atoms with van der Waals surface area (Å²) < 4.78 is 0. The van der Waals surface area contributed by atoms with E-state index in [-0.39, 0.29) is 6.04 Å². The molecule has 2 rings (SSSR count). The third kappa shape index (κ3) is 2.70. The number of thiazole rings is 1. The Labute approximate surface area is 101 Å². The topological polar surface area (TPSA) is 50.9 Å². The maximum absolute atomic E-state index is 5.68. The lowest BCUT2D eigenvalue weighted by Crippen LogP contribution is -2.28. The van der Waals surface area contributed by atoms with Crippen molar-refractivity contribution in [3.63, 3.8) is 0 Å². The van der Waals surface area contributed by atoms with Gasteiger partial charge in [-0.15, -0.1) is 11.3 Å². The van der Waals surface area contributed by atoms with Crippen molar-refractivity contribution in [2.24, 2.45) is 5.84 Å². The smallest absolute Gasteiger partial charge is 0.0897 e. The van der Waals surface area contributed by atoms with Gasteiger partial charge in [-0.1, -0.05) is 18.1 Å².